The Morgan fingerprint density at radius 2 is 1.92 bits per heavy atom. The van der Waals surface area contributed by atoms with Crippen LogP contribution < -0.4 is 14.8 Å². The summed E-state index contributed by atoms with van der Waals surface area (Å²) in [4.78, 5) is 0. The highest BCUT2D eigenvalue weighted by molar-refractivity contribution is 5.93. The fraction of sp³-hybridized carbons (Fsp3) is 0.333. The van der Waals surface area contributed by atoms with Crippen molar-refractivity contribution in [3.05, 3.63) is 59.3 Å². The average Bonchev–Trinajstić information content (AvgIpc) is 2.82. The molecule has 2 aliphatic heterocycles. The fourth-order valence-electron chi connectivity index (χ4n) is 4.10. The standard InChI is InChI=1S/C21H22N2O2/c1-2-4-15(5-3-1)14-25-19-7-6-17-16-8-10-22-11-9-18(16)23-12-13-24-21(19)20(17)23/h1-7,22H,8-14H2. The molecule has 0 spiro atoms. The van der Waals surface area contributed by atoms with Crippen molar-refractivity contribution in [1.29, 1.82) is 0 Å². The average molecular weight is 334 g/mol. The Labute approximate surface area is 147 Å². The van der Waals surface area contributed by atoms with Gasteiger partial charge < -0.3 is 19.4 Å². The Morgan fingerprint density at radius 3 is 2.84 bits per heavy atom. The monoisotopic (exact) mass is 334 g/mol. The van der Waals surface area contributed by atoms with Crippen molar-refractivity contribution >= 4 is 10.9 Å². The minimum Gasteiger partial charge on any atom is -0.486 e. The molecule has 0 radical (unpaired) electrons. The van der Waals surface area contributed by atoms with E-state index in [0.29, 0.717) is 13.2 Å². The van der Waals surface area contributed by atoms with E-state index >= 15 is 0 Å². The molecular formula is C21H22N2O2. The van der Waals surface area contributed by atoms with E-state index in [-0.39, 0.29) is 0 Å². The van der Waals surface area contributed by atoms with E-state index in [1.165, 1.54) is 27.7 Å². The van der Waals surface area contributed by atoms with Crippen LogP contribution >= 0.6 is 0 Å². The van der Waals surface area contributed by atoms with Gasteiger partial charge in [-0.1, -0.05) is 30.3 Å². The predicted molar refractivity (Wildman–Crippen MR) is 98.5 cm³/mol. The maximum atomic E-state index is 6.12. The zero-order valence-electron chi connectivity index (χ0n) is 14.3. The Balaban J connectivity index is 1.57. The van der Waals surface area contributed by atoms with E-state index in [9.17, 15) is 0 Å². The van der Waals surface area contributed by atoms with E-state index in [0.717, 1.165) is 44.0 Å². The zero-order chi connectivity index (χ0) is 16.6. The lowest BCUT2D eigenvalue weighted by Gasteiger charge is -2.21. The van der Waals surface area contributed by atoms with Gasteiger partial charge >= 0.3 is 0 Å². The number of hydrogen-bond donors (Lipinski definition) is 1. The third-order valence-corrected chi connectivity index (χ3v) is 5.25. The largest absolute Gasteiger partial charge is 0.486 e. The van der Waals surface area contributed by atoms with Crippen LogP contribution in [0.5, 0.6) is 11.5 Å². The van der Waals surface area contributed by atoms with Crippen LogP contribution in [0.25, 0.3) is 10.9 Å². The van der Waals surface area contributed by atoms with Crippen LogP contribution in [0.3, 0.4) is 0 Å². The third kappa shape index (κ3) is 2.48. The maximum Gasteiger partial charge on any atom is 0.185 e. The summed E-state index contributed by atoms with van der Waals surface area (Å²) >= 11 is 0. The molecule has 128 valence electrons. The smallest absolute Gasteiger partial charge is 0.185 e. The van der Waals surface area contributed by atoms with Gasteiger partial charge in [-0.3, -0.25) is 0 Å². The van der Waals surface area contributed by atoms with Gasteiger partial charge in [0.1, 0.15) is 13.2 Å². The molecule has 1 aromatic heterocycles. The zero-order valence-corrected chi connectivity index (χ0v) is 14.3. The number of rotatable bonds is 3. The Hall–Kier alpha value is -2.46. The van der Waals surface area contributed by atoms with Gasteiger partial charge in [0.15, 0.2) is 11.5 Å². The SMILES string of the molecule is c1ccc(COc2ccc3c4c(n5c3c2OCC5)CCNCC4)cc1. The second-order valence-corrected chi connectivity index (χ2v) is 6.74. The van der Waals surface area contributed by atoms with Crippen LogP contribution in [0.1, 0.15) is 16.8 Å². The number of ether oxygens (including phenoxy) is 2. The molecule has 0 unspecified atom stereocenters. The van der Waals surface area contributed by atoms with Crippen molar-refractivity contribution in [3.63, 3.8) is 0 Å². The predicted octanol–water partition coefficient (Wildman–Crippen LogP) is 3.30. The summed E-state index contributed by atoms with van der Waals surface area (Å²) in [6.45, 7) is 4.31. The number of aromatic nitrogens is 1. The van der Waals surface area contributed by atoms with E-state index < -0.39 is 0 Å². The topological polar surface area (TPSA) is 35.4 Å². The van der Waals surface area contributed by atoms with Gasteiger partial charge in [-0.2, -0.15) is 0 Å². The molecule has 4 heteroatoms. The van der Waals surface area contributed by atoms with E-state index in [2.05, 4.69) is 34.1 Å². The molecule has 5 rings (SSSR count). The fourth-order valence-corrected chi connectivity index (χ4v) is 4.10. The lowest BCUT2D eigenvalue weighted by molar-refractivity contribution is 0.247. The minimum atomic E-state index is 0.563. The first-order valence-electron chi connectivity index (χ1n) is 9.09. The molecule has 1 N–H and O–H groups in total. The molecule has 0 bridgehead atoms. The van der Waals surface area contributed by atoms with Gasteiger partial charge in [0.05, 0.1) is 12.1 Å². The minimum absolute atomic E-state index is 0.563. The number of nitrogens with one attached hydrogen (secondary N) is 1. The van der Waals surface area contributed by atoms with Crippen molar-refractivity contribution in [1.82, 2.24) is 9.88 Å². The van der Waals surface area contributed by atoms with Crippen LogP contribution in [0, 0.1) is 0 Å². The first-order chi connectivity index (χ1) is 12.4. The molecule has 3 heterocycles. The molecule has 0 saturated carbocycles. The molecule has 0 saturated heterocycles. The van der Waals surface area contributed by atoms with Gasteiger partial charge in [0, 0.05) is 24.0 Å². The molecule has 0 atom stereocenters. The summed E-state index contributed by atoms with van der Waals surface area (Å²) in [6, 6.07) is 14.6. The Kier molecular flexibility index (Phi) is 3.63. The molecule has 2 aromatic carbocycles. The summed E-state index contributed by atoms with van der Waals surface area (Å²) in [5.74, 6) is 1.77. The molecule has 0 aliphatic carbocycles. The third-order valence-electron chi connectivity index (χ3n) is 5.25. The van der Waals surface area contributed by atoms with E-state index in [4.69, 9.17) is 9.47 Å². The Morgan fingerprint density at radius 1 is 1.04 bits per heavy atom. The van der Waals surface area contributed by atoms with Crippen LogP contribution in [0.15, 0.2) is 42.5 Å². The van der Waals surface area contributed by atoms with Gasteiger partial charge in [0.25, 0.3) is 0 Å². The molecule has 25 heavy (non-hydrogen) atoms. The van der Waals surface area contributed by atoms with Gasteiger partial charge in [-0.25, -0.2) is 0 Å². The van der Waals surface area contributed by atoms with Gasteiger partial charge in [0.2, 0.25) is 0 Å². The van der Waals surface area contributed by atoms with Crippen molar-refractivity contribution in [2.24, 2.45) is 0 Å². The van der Waals surface area contributed by atoms with Crippen molar-refractivity contribution in [3.8, 4) is 11.5 Å². The van der Waals surface area contributed by atoms with Crippen LogP contribution in [-0.2, 0) is 26.0 Å². The first-order valence-corrected chi connectivity index (χ1v) is 9.09. The normalized spacial score (nSPS) is 16.2. The van der Waals surface area contributed by atoms with Crippen LogP contribution in [0.2, 0.25) is 0 Å². The number of hydrogen-bond acceptors (Lipinski definition) is 3. The lowest BCUT2D eigenvalue weighted by Crippen LogP contribution is -2.19. The van der Waals surface area contributed by atoms with Crippen LogP contribution in [-0.4, -0.2) is 24.3 Å². The Bertz CT molecular complexity index is 915. The van der Waals surface area contributed by atoms with Gasteiger partial charge in [-0.15, -0.1) is 0 Å². The summed E-state index contributed by atoms with van der Waals surface area (Å²) < 4.78 is 14.6. The highest BCUT2D eigenvalue weighted by Crippen LogP contribution is 2.42. The first kappa shape index (κ1) is 14.8. The van der Waals surface area contributed by atoms with Crippen LogP contribution in [0.4, 0.5) is 0 Å². The van der Waals surface area contributed by atoms with Gasteiger partial charge in [-0.05, 0) is 36.2 Å². The molecule has 0 amide bonds. The van der Waals surface area contributed by atoms with Crippen molar-refractivity contribution in [2.75, 3.05) is 19.7 Å². The second kappa shape index (κ2) is 6.12. The quantitative estimate of drug-likeness (QED) is 0.798. The second-order valence-electron chi connectivity index (χ2n) is 6.74. The molecule has 4 nitrogen and oxygen atoms in total. The molecular weight excluding hydrogens is 312 g/mol. The summed E-state index contributed by atoms with van der Waals surface area (Å²) in [6.07, 6.45) is 2.17. The molecule has 0 fully saturated rings. The summed E-state index contributed by atoms with van der Waals surface area (Å²) in [5.41, 5.74) is 5.36. The summed E-state index contributed by atoms with van der Waals surface area (Å²) in [5, 5.41) is 4.84. The van der Waals surface area contributed by atoms with Crippen molar-refractivity contribution < 1.29 is 9.47 Å². The van der Waals surface area contributed by atoms with E-state index in [1.807, 2.05) is 18.2 Å². The molecule has 2 aliphatic rings. The number of benzene rings is 2. The number of fused-ring (bicyclic) bond motifs is 3. The highest BCUT2D eigenvalue weighted by atomic mass is 16.5. The maximum absolute atomic E-state index is 6.12. The number of nitrogens with zero attached hydrogens (tertiary/aromatic N) is 1. The summed E-state index contributed by atoms with van der Waals surface area (Å²) in [7, 11) is 0. The van der Waals surface area contributed by atoms with E-state index in [1.54, 1.807) is 0 Å². The highest BCUT2D eigenvalue weighted by Gasteiger charge is 2.26. The van der Waals surface area contributed by atoms with Crippen molar-refractivity contribution in [2.45, 2.75) is 26.0 Å². The molecule has 3 aromatic rings. The lowest BCUT2D eigenvalue weighted by atomic mass is 10.1.